The lowest BCUT2D eigenvalue weighted by Crippen LogP contribution is -2.26. The van der Waals surface area contributed by atoms with E-state index >= 15 is 0 Å². The van der Waals surface area contributed by atoms with Gasteiger partial charge in [-0.05, 0) is 68.6 Å². The van der Waals surface area contributed by atoms with Gasteiger partial charge in [0, 0.05) is 17.2 Å². The van der Waals surface area contributed by atoms with Crippen LogP contribution in [0.5, 0.6) is 5.75 Å². The average Bonchev–Trinajstić information content (AvgIpc) is 3.15. The Kier molecular flexibility index (Phi) is 6.80. The molecule has 0 fully saturated rings. The van der Waals surface area contributed by atoms with Crippen molar-refractivity contribution in [2.75, 3.05) is 32.5 Å². The number of thiophene rings is 1. The number of ether oxygens (including phenoxy) is 1. The van der Waals surface area contributed by atoms with Gasteiger partial charge in [0.2, 0.25) is 0 Å². The second-order valence-electron chi connectivity index (χ2n) is 7.50. The molecule has 0 N–H and O–H groups in total. The Labute approximate surface area is 186 Å². The van der Waals surface area contributed by atoms with Crippen molar-refractivity contribution >= 4 is 33.3 Å². The molecule has 5 nitrogen and oxygen atoms in total. The molecular weight excluding hydrogens is 414 g/mol. The van der Waals surface area contributed by atoms with Crippen molar-refractivity contribution in [1.82, 2.24) is 14.5 Å². The monoisotopic (exact) mass is 443 g/mol. The molecule has 2 aromatic heterocycles. The van der Waals surface area contributed by atoms with Crippen LogP contribution in [0.3, 0.4) is 0 Å². The first-order valence-corrected chi connectivity index (χ1v) is 12.5. The molecule has 0 saturated carbocycles. The molecule has 0 radical (unpaired) electrons. The minimum absolute atomic E-state index is 0.0647. The zero-order chi connectivity index (χ0) is 21.1. The first-order chi connectivity index (χ1) is 14.7. The fourth-order valence-corrected chi connectivity index (χ4v) is 6.36. The molecule has 1 aliphatic rings. The number of nitrogens with zero attached hydrogens (tertiary/aromatic N) is 3. The van der Waals surface area contributed by atoms with Gasteiger partial charge in [0.15, 0.2) is 5.16 Å². The molecule has 1 aliphatic carbocycles. The van der Waals surface area contributed by atoms with Crippen molar-refractivity contribution in [3.8, 4) is 11.4 Å². The van der Waals surface area contributed by atoms with Gasteiger partial charge >= 0.3 is 0 Å². The van der Waals surface area contributed by atoms with E-state index in [1.807, 2.05) is 24.3 Å². The van der Waals surface area contributed by atoms with E-state index in [1.54, 1.807) is 34.8 Å². The SMILES string of the molecule is CCN(CC)CCSc1nc2sc3c(c2c(=O)n1-c1ccc(OC)cc1)CCCC3. The van der Waals surface area contributed by atoms with Crippen LogP contribution in [0.15, 0.2) is 34.2 Å². The summed E-state index contributed by atoms with van der Waals surface area (Å²) in [6.07, 6.45) is 4.42. The van der Waals surface area contributed by atoms with Gasteiger partial charge < -0.3 is 9.64 Å². The minimum atomic E-state index is 0.0647. The molecule has 0 bridgehead atoms. The quantitative estimate of drug-likeness (QED) is 0.371. The lowest BCUT2D eigenvalue weighted by molar-refractivity contribution is 0.324. The van der Waals surface area contributed by atoms with Crippen molar-refractivity contribution in [1.29, 1.82) is 0 Å². The highest BCUT2D eigenvalue weighted by atomic mass is 32.2. The highest BCUT2D eigenvalue weighted by molar-refractivity contribution is 7.99. The number of aryl methyl sites for hydroxylation is 2. The van der Waals surface area contributed by atoms with E-state index in [2.05, 4.69) is 18.7 Å². The van der Waals surface area contributed by atoms with E-state index in [9.17, 15) is 4.79 Å². The third kappa shape index (κ3) is 4.15. The normalized spacial score (nSPS) is 13.7. The predicted molar refractivity (Wildman–Crippen MR) is 127 cm³/mol. The first kappa shape index (κ1) is 21.4. The van der Waals surface area contributed by atoms with Crippen LogP contribution in [0.1, 0.15) is 37.1 Å². The fraction of sp³-hybridized carbons (Fsp3) is 0.478. The number of aromatic nitrogens is 2. The topological polar surface area (TPSA) is 47.4 Å². The summed E-state index contributed by atoms with van der Waals surface area (Å²) >= 11 is 3.39. The van der Waals surface area contributed by atoms with Gasteiger partial charge in [-0.25, -0.2) is 4.98 Å². The van der Waals surface area contributed by atoms with Gasteiger partial charge in [-0.15, -0.1) is 11.3 Å². The molecule has 4 rings (SSSR count). The Morgan fingerprint density at radius 2 is 1.90 bits per heavy atom. The zero-order valence-corrected chi connectivity index (χ0v) is 19.6. The number of fused-ring (bicyclic) bond motifs is 3. The van der Waals surface area contributed by atoms with Crippen LogP contribution in [0.2, 0.25) is 0 Å². The van der Waals surface area contributed by atoms with Crippen LogP contribution in [0.4, 0.5) is 0 Å². The molecule has 160 valence electrons. The number of hydrogen-bond donors (Lipinski definition) is 0. The predicted octanol–water partition coefficient (Wildman–Crippen LogP) is 4.77. The number of benzene rings is 1. The molecule has 1 aromatic carbocycles. The maximum atomic E-state index is 13.7. The highest BCUT2D eigenvalue weighted by Gasteiger charge is 2.23. The highest BCUT2D eigenvalue weighted by Crippen LogP contribution is 2.35. The molecule has 0 unspecified atom stereocenters. The van der Waals surface area contributed by atoms with E-state index in [1.165, 1.54) is 16.9 Å². The lowest BCUT2D eigenvalue weighted by Gasteiger charge is -2.18. The van der Waals surface area contributed by atoms with Gasteiger partial charge in [0.25, 0.3) is 5.56 Å². The van der Waals surface area contributed by atoms with E-state index in [0.29, 0.717) is 0 Å². The van der Waals surface area contributed by atoms with E-state index in [-0.39, 0.29) is 5.56 Å². The van der Waals surface area contributed by atoms with Crippen molar-refractivity contribution < 1.29 is 4.74 Å². The van der Waals surface area contributed by atoms with Crippen LogP contribution in [0.25, 0.3) is 15.9 Å². The van der Waals surface area contributed by atoms with Crippen molar-refractivity contribution in [3.63, 3.8) is 0 Å². The van der Waals surface area contributed by atoms with E-state index < -0.39 is 0 Å². The summed E-state index contributed by atoms with van der Waals surface area (Å²) in [5.74, 6) is 1.69. The maximum Gasteiger partial charge on any atom is 0.267 e. The molecule has 0 spiro atoms. The van der Waals surface area contributed by atoms with Gasteiger partial charge in [0.1, 0.15) is 10.6 Å². The summed E-state index contributed by atoms with van der Waals surface area (Å²) in [5, 5.41) is 1.61. The van der Waals surface area contributed by atoms with Crippen LogP contribution in [-0.4, -0.2) is 46.9 Å². The summed E-state index contributed by atoms with van der Waals surface area (Å²) in [6, 6.07) is 7.70. The molecule has 7 heteroatoms. The summed E-state index contributed by atoms with van der Waals surface area (Å²) in [4.78, 5) is 23.4. The standard InChI is InChI=1S/C23H29N3O2S2/c1-4-25(5-2)14-15-29-23-24-21-20(18-8-6-7-9-19(18)30-21)22(27)26(23)16-10-12-17(28-3)13-11-16/h10-13H,4-9,14-15H2,1-3H3. The largest absolute Gasteiger partial charge is 0.497 e. The molecular formula is C23H29N3O2S2. The first-order valence-electron chi connectivity index (χ1n) is 10.7. The maximum absolute atomic E-state index is 13.7. The summed E-state index contributed by atoms with van der Waals surface area (Å²) in [6.45, 7) is 7.41. The molecule has 0 amide bonds. The van der Waals surface area contributed by atoms with Gasteiger partial charge in [0.05, 0.1) is 18.2 Å². The molecule has 0 aliphatic heterocycles. The Hall–Kier alpha value is -1.83. The molecule has 0 atom stereocenters. The zero-order valence-electron chi connectivity index (χ0n) is 17.9. The Morgan fingerprint density at radius 1 is 1.17 bits per heavy atom. The van der Waals surface area contributed by atoms with Crippen LogP contribution >= 0.6 is 23.1 Å². The third-order valence-corrected chi connectivity index (χ3v) is 7.93. The van der Waals surface area contributed by atoms with Crippen molar-refractivity contribution in [2.24, 2.45) is 0 Å². The summed E-state index contributed by atoms with van der Waals surface area (Å²) in [7, 11) is 1.65. The van der Waals surface area contributed by atoms with Gasteiger partial charge in [-0.3, -0.25) is 9.36 Å². The third-order valence-electron chi connectivity index (χ3n) is 5.82. The average molecular weight is 444 g/mol. The second-order valence-corrected chi connectivity index (χ2v) is 9.65. The van der Waals surface area contributed by atoms with Gasteiger partial charge in [-0.1, -0.05) is 25.6 Å². The van der Waals surface area contributed by atoms with Crippen molar-refractivity contribution in [3.05, 3.63) is 45.1 Å². The fourth-order valence-electron chi connectivity index (χ4n) is 4.05. The Bertz CT molecular complexity index is 1070. The molecule has 0 saturated heterocycles. The molecule has 30 heavy (non-hydrogen) atoms. The summed E-state index contributed by atoms with van der Waals surface area (Å²) < 4.78 is 7.10. The summed E-state index contributed by atoms with van der Waals surface area (Å²) in [5.41, 5.74) is 2.15. The minimum Gasteiger partial charge on any atom is -0.497 e. The number of rotatable bonds is 8. The Balaban J connectivity index is 1.79. The van der Waals surface area contributed by atoms with E-state index in [4.69, 9.17) is 9.72 Å². The van der Waals surface area contributed by atoms with Crippen molar-refractivity contribution in [2.45, 2.75) is 44.7 Å². The molecule has 2 heterocycles. The lowest BCUT2D eigenvalue weighted by atomic mass is 9.97. The number of thioether (sulfide) groups is 1. The van der Waals surface area contributed by atoms with E-state index in [0.717, 1.165) is 71.5 Å². The molecule has 3 aromatic rings. The number of hydrogen-bond acceptors (Lipinski definition) is 6. The Morgan fingerprint density at radius 3 is 2.60 bits per heavy atom. The number of methoxy groups -OCH3 is 1. The second kappa shape index (κ2) is 9.54. The van der Waals surface area contributed by atoms with Gasteiger partial charge in [-0.2, -0.15) is 0 Å². The van der Waals surface area contributed by atoms with Crippen LogP contribution in [-0.2, 0) is 12.8 Å². The smallest absolute Gasteiger partial charge is 0.267 e. The van der Waals surface area contributed by atoms with Crippen LogP contribution < -0.4 is 10.3 Å². The van der Waals surface area contributed by atoms with Crippen LogP contribution in [0, 0.1) is 0 Å².